The second-order valence-corrected chi connectivity index (χ2v) is 5.85. The standard InChI is InChI=1S/C15H23N3O/c1-11-6-15-14(7-12(11)9-17(2)3)18-5-4-16-8-13(18)10-19-15/h6-7,13,16H,4-5,8-10H2,1-3H3. The molecule has 0 saturated carbocycles. The van der Waals surface area contributed by atoms with Gasteiger partial charge in [-0.2, -0.15) is 0 Å². The van der Waals surface area contributed by atoms with Crippen molar-refractivity contribution in [2.45, 2.75) is 19.5 Å². The highest BCUT2D eigenvalue weighted by molar-refractivity contribution is 5.64. The van der Waals surface area contributed by atoms with Crippen molar-refractivity contribution in [2.75, 3.05) is 45.2 Å². The lowest BCUT2D eigenvalue weighted by molar-refractivity contribution is 0.246. The van der Waals surface area contributed by atoms with E-state index in [9.17, 15) is 0 Å². The molecule has 1 atom stereocenters. The van der Waals surface area contributed by atoms with Gasteiger partial charge in [-0.15, -0.1) is 0 Å². The molecule has 0 amide bonds. The maximum atomic E-state index is 5.94. The summed E-state index contributed by atoms with van der Waals surface area (Å²) in [7, 11) is 4.23. The minimum atomic E-state index is 0.483. The van der Waals surface area contributed by atoms with Crippen LogP contribution in [0, 0.1) is 6.92 Å². The van der Waals surface area contributed by atoms with E-state index in [-0.39, 0.29) is 0 Å². The molecule has 2 aliphatic rings. The highest BCUT2D eigenvalue weighted by Crippen LogP contribution is 2.36. The summed E-state index contributed by atoms with van der Waals surface area (Å²) >= 11 is 0. The molecule has 1 aromatic rings. The Morgan fingerprint density at radius 1 is 1.42 bits per heavy atom. The van der Waals surface area contributed by atoms with Gasteiger partial charge in [-0.3, -0.25) is 0 Å². The molecule has 1 fully saturated rings. The molecule has 0 radical (unpaired) electrons. The first-order chi connectivity index (χ1) is 9.15. The number of nitrogens with zero attached hydrogens (tertiary/aromatic N) is 2. The van der Waals surface area contributed by atoms with Gasteiger partial charge in [0.15, 0.2) is 0 Å². The Labute approximate surface area is 115 Å². The molecule has 0 aliphatic carbocycles. The largest absolute Gasteiger partial charge is 0.489 e. The van der Waals surface area contributed by atoms with Gasteiger partial charge in [0.25, 0.3) is 0 Å². The first-order valence-corrected chi connectivity index (χ1v) is 7.03. The third-order valence-electron chi connectivity index (χ3n) is 3.99. The number of hydrogen-bond acceptors (Lipinski definition) is 4. The van der Waals surface area contributed by atoms with E-state index in [1.165, 1.54) is 16.8 Å². The van der Waals surface area contributed by atoms with Crippen LogP contribution in [0.1, 0.15) is 11.1 Å². The molecular formula is C15H23N3O. The molecule has 4 heteroatoms. The molecule has 1 unspecified atom stereocenters. The van der Waals surface area contributed by atoms with Gasteiger partial charge in [0, 0.05) is 26.2 Å². The van der Waals surface area contributed by atoms with E-state index in [0.29, 0.717) is 6.04 Å². The Bertz CT molecular complexity index is 473. The first-order valence-electron chi connectivity index (χ1n) is 7.03. The summed E-state index contributed by atoms with van der Waals surface area (Å²) in [5.74, 6) is 1.05. The van der Waals surface area contributed by atoms with Crippen molar-refractivity contribution in [3.8, 4) is 5.75 Å². The van der Waals surface area contributed by atoms with Crippen molar-refractivity contribution in [3.05, 3.63) is 23.3 Å². The molecule has 1 aromatic carbocycles. The third-order valence-corrected chi connectivity index (χ3v) is 3.99. The number of piperazine rings is 1. The van der Waals surface area contributed by atoms with Crippen LogP contribution in [-0.4, -0.2) is 51.3 Å². The van der Waals surface area contributed by atoms with E-state index in [2.05, 4.69) is 48.3 Å². The molecule has 1 saturated heterocycles. The second-order valence-electron chi connectivity index (χ2n) is 5.85. The van der Waals surface area contributed by atoms with E-state index >= 15 is 0 Å². The predicted molar refractivity (Wildman–Crippen MR) is 78.1 cm³/mol. The number of anilines is 1. The second kappa shape index (κ2) is 5.02. The van der Waals surface area contributed by atoms with Gasteiger partial charge >= 0.3 is 0 Å². The number of hydrogen-bond donors (Lipinski definition) is 1. The Morgan fingerprint density at radius 3 is 3.05 bits per heavy atom. The fourth-order valence-corrected chi connectivity index (χ4v) is 2.98. The molecular weight excluding hydrogens is 238 g/mol. The Hall–Kier alpha value is -1.26. The molecule has 0 spiro atoms. The molecule has 1 N–H and O–H groups in total. The SMILES string of the molecule is Cc1cc2c(cc1CN(C)C)N1CCNCC1CO2. The molecule has 104 valence electrons. The van der Waals surface area contributed by atoms with E-state index in [0.717, 1.165) is 38.5 Å². The van der Waals surface area contributed by atoms with Crippen molar-refractivity contribution in [3.63, 3.8) is 0 Å². The van der Waals surface area contributed by atoms with E-state index in [1.54, 1.807) is 0 Å². The maximum Gasteiger partial charge on any atom is 0.143 e. The lowest BCUT2D eigenvalue weighted by atomic mass is 10.0. The fraction of sp³-hybridized carbons (Fsp3) is 0.600. The number of fused-ring (bicyclic) bond motifs is 3. The van der Waals surface area contributed by atoms with Crippen LogP contribution in [0.25, 0.3) is 0 Å². The topological polar surface area (TPSA) is 27.7 Å². The lowest BCUT2D eigenvalue weighted by Gasteiger charge is -2.42. The molecule has 0 aromatic heterocycles. The zero-order chi connectivity index (χ0) is 13.4. The van der Waals surface area contributed by atoms with Crippen LogP contribution < -0.4 is 15.0 Å². The summed E-state index contributed by atoms with van der Waals surface area (Å²) in [6.07, 6.45) is 0. The molecule has 19 heavy (non-hydrogen) atoms. The normalized spacial score (nSPS) is 21.9. The van der Waals surface area contributed by atoms with Gasteiger partial charge in [-0.25, -0.2) is 0 Å². The average molecular weight is 261 g/mol. The minimum absolute atomic E-state index is 0.483. The van der Waals surface area contributed by atoms with Gasteiger partial charge in [0.05, 0.1) is 11.7 Å². The van der Waals surface area contributed by atoms with Crippen molar-refractivity contribution >= 4 is 5.69 Å². The average Bonchev–Trinajstić information content (AvgIpc) is 2.39. The molecule has 3 rings (SSSR count). The van der Waals surface area contributed by atoms with Crippen molar-refractivity contribution in [2.24, 2.45) is 0 Å². The summed E-state index contributed by atoms with van der Waals surface area (Å²) < 4.78 is 5.94. The highest BCUT2D eigenvalue weighted by atomic mass is 16.5. The van der Waals surface area contributed by atoms with Gasteiger partial charge in [-0.1, -0.05) is 0 Å². The van der Waals surface area contributed by atoms with Crippen molar-refractivity contribution < 1.29 is 4.74 Å². The van der Waals surface area contributed by atoms with Gasteiger partial charge < -0.3 is 19.9 Å². The molecule has 2 heterocycles. The van der Waals surface area contributed by atoms with Crippen LogP contribution in [-0.2, 0) is 6.54 Å². The predicted octanol–water partition coefficient (Wildman–Crippen LogP) is 1.23. The first kappa shape index (κ1) is 12.8. The van der Waals surface area contributed by atoms with Crippen molar-refractivity contribution in [1.29, 1.82) is 0 Å². The van der Waals surface area contributed by atoms with Gasteiger partial charge in [0.1, 0.15) is 12.4 Å². The highest BCUT2D eigenvalue weighted by Gasteiger charge is 2.30. The Morgan fingerprint density at radius 2 is 2.26 bits per heavy atom. The fourth-order valence-electron chi connectivity index (χ4n) is 2.98. The van der Waals surface area contributed by atoms with E-state index in [1.807, 2.05) is 0 Å². The third kappa shape index (κ3) is 2.42. The number of nitrogens with one attached hydrogen (secondary N) is 1. The smallest absolute Gasteiger partial charge is 0.143 e. The van der Waals surface area contributed by atoms with Crippen molar-refractivity contribution in [1.82, 2.24) is 10.2 Å². The minimum Gasteiger partial charge on any atom is -0.489 e. The summed E-state index contributed by atoms with van der Waals surface area (Å²) in [6.45, 7) is 7.11. The summed E-state index contributed by atoms with van der Waals surface area (Å²) in [4.78, 5) is 4.72. The summed E-state index contributed by atoms with van der Waals surface area (Å²) in [5, 5.41) is 3.44. The van der Waals surface area contributed by atoms with Crippen LogP contribution in [0.3, 0.4) is 0 Å². The van der Waals surface area contributed by atoms with Crippen LogP contribution in [0.15, 0.2) is 12.1 Å². The van der Waals surface area contributed by atoms with Crippen LogP contribution in [0.4, 0.5) is 5.69 Å². The quantitative estimate of drug-likeness (QED) is 0.866. The summed E-state index contributed by atoms with van der Waals surface area (Å²) in [5.41, 5.74) is 3.99. The van der Waals surface area contributed by atoms with E-state index in [4.69, 9.17) is 4.74 Å². The van der Waals surface area contributed by atoms with Crippen LogP contribution >= 0.6 is 0 Å². The monoisotopic (exact) mass is 261 g/mol. The van der Waals surface area contributed by atoms with Crippen LogP contribution in [0.2, 0.25) is 0 Å². The molecule has 4 nitrogen and oxygen atoms in total. The zero-order valence-corrected chi connectivity index (χ0v) is 12.1. The maximum absolute atomic E-state index is 5.94. The van der Waals surface area contributed by atoms with Gasteiger partial charge in [-0.05, 0) is 44.3 Å². The zero-order valence-electron chi connectivity index (χ0n) is 12.1. The molecule has 2 aliphatic heterocycles. The number of ether oxygens (including phenoxy) is 1. The Balaban J connectivity index is 1.96. The van der Waals surface area contributed by atoms with E-state index < -0.39 is 0 Å². The van der Waals surface area contributed by atoms with Crippen LogP contribution in [0.5, 0.6) is 5.75 Å². The Kier molecular flexibility index (Phi) is 3.37. The number of benzene rings is 1. The number of aryl methyl sites for hydroxylation is 1. The summed E-state index contributed by atoms with van der Waals surface area (Å²) in [6, 6.07) is 5.00. The van der Waals surface area contributed by atoms with Gasteiger partial charge in [0.2, 0.25) is 0 Å². The lowest BCUT2D eigenvalue weighted by Crippen LogP contribution is -2.55. The number of rotatable bonds is 2. The molecule has 0 bridgehead atoms.